The second kappa shape index (κ2) is 10.2. The van der Waals surface area contributed by atoms with E-state index in [0.29, 0.717) is 32.7 Å². The molecule has 3 aromatic carbocycles. The first-order valence-corrected chi connectivity index (χ1v) is 10.4. The summed E-state index contributed by atoms with van der Waals surface area (Å²) in [6.45, 7) is -0.214. The van der Waals surface area contributed by atoms with Crippen LogP contribution in [0.2, 0.25) is 10.0 Å². The number of carbonyl (C=O) groups excluding carboxylic acids is 2. The van der Waals surface area contributed by atoms with Crippen molar-refractivity contribution in [2.75, 3.05) is 13.4 Å². The number of carbonyl (C=O) groups is 2. The number of nitrogens with zero attached hydrogens (tertiary/aromatic N) is 1. The maximum Gasteiger partial charge on any atom is 0.343 e. The Hall–Kier alpha value is -3.75. The van der Waals surface area contributed by atoms with Crippen LogP contribution in [-0.4, -0.2) is 31.5 Å². The van der Waals surface area contributed by atoms with E-state index in [2.05, 4.69) is 10.5 Å². The highest BCUT2D eigenvalue weighted by Gasteiger charge is 2.18. The minimum absolute atomic E-state index is 0.107. The van der Waals surface area contributed by atoms with E-state index in [-0.39, 0.29) is 24.9 Å². The summed E-state index contributed by atoms with van der Waals surface area (Å²) in [4.78, 5) is 24.6. The molecule has 0 radical (unpaired) electrons. The summed E-state index contributed by atoms with van der Waals surface area (Å²) in [5.74, 6) is 0.492. The summed E-state index contributed by atoms with van der Waals surface area (Å²) in [5.41, 5.74) is 3.11. The van der Waals surface area contributed by atoms with Crippen LogP contribution < -0.4 is 24.4 Å². The lowest BCUT2D eigenvalue weighted by Gasteiger charge is -2.08. The van der Waals surface area contributed by atoms with Gasteiger partial charge < -0.3 is 18.9 Å². The van der Waals surface area contributed by atoms with E-state index in [0.717, 1.165) is 0 Å². The first-order valence-electron chi connectivity index (χ1n) is 9.60. The molecule has 33 heavy (non-hydrogen) atoms. The molecule has 0 aliphatic carbocycles. The van der Waals surface area contributed by atoms with Gasteiger partial charge in [-0.1, -0.05) is 35.3 Å². The summed E-state index contributed by atoms with van der Waals surface area (Å²) in [7, 11) is 0. The number of esters is 1. The normalized spacial score (nSPS) is 11.9. The molecule has 0 aromatic heterocycles. The molecule has 0 saturated carbocycles. The molecule has 0 bridgehead atoms. The van der Waals surface area contributed by atoms with Crippen molar-refractivity contribution in [2.24, 2.45) is 5.10 Å². The number of halogens is 2. The molecule has 1 heterocycles. The van der Waals surface area contributed by atoms with Gasteiger partial charge in [-0.3, -0.25) is 4.79 Å². The molecule has 0 unspecified atom stereocenters. The van der Waals surface area contributed by atoms with Gasteiger partial charge in [0.15, 0.2) is 18.1 Å². The Balaban J connectivity index is 1.35. The number of para-hydroxylation sites is 1. The SMILES string of the molecule is O=C(COc1cc(Cl)ccc1Cl)NN=Cc1ccccc1OC(=O)c1ccc2c(c1)OCO2. The lowest BCUT2D eigenvalue weighted by molar-refractivity contribution is -0.123. The van der Waals surface area contributed by atoms with Crippen molar-refractivity contribution in [2.45, 2.75) is 0 Å². The van der Waals surface area contributed by atoms with E-state index in [9.17, 15) is 9.59 Å². The zero-order valence-corrected chi connectivity index (χ0v) is 18.4. The maximum absolute atomic E-state index is 12.5. The van der Waals surface area contributed by atoms with Crippen LogP contribution in [0.3, 0.4) is 0 Å². The van der Waals surface area contributed by atoms with Gasteiger partial charge >= 0.3 is 5.97 Å². The molecule has 10 heteroatoms. The number of hydrazone groups is 1. The first kappa shape index (κ1) is 22.4. The predicted octanol–water partition coefficient (Wildman–Crippen LogP) is 4.47. The molecule has 0 saturated heterocycles. The molecular formula is C23H16Cl2N2O6. The van der Waals surface area contributed by atoms with Crippen LogP contribution in [-0.2, 0) is 4.79 Å². The zero-order chi connectivity index (χ0) is 23.2. The Morgan fingerprint density at radius 3 is 2.70 bits per heavy atom. The summed E-state index contributed by atoms with van der Waals surface area (Å²) < 4.78 is 21.4. The van der Waals surface area contributed by atoms with E-state index in [1.54, 1.807) is 54.6 Å². The topological polar surface area (TPSA) is 95.5 Å². The first-order chi connectivity index (χ1) is 16.0. The predicted molar refractivity (Wildman–Crippen MR) is 122 cm³/mol. The van der Waals surface area contributed by atoms with Crippen LogP contribution in [0.15, 0.2) is 65.8 Å². The Morgan fingerprint density at radius 1 is 1.00 bits per heavy atom. The summed E-state index contributed by atoms with van der Waals surface area (Å²) >= 11 is 11.9. The highest BCUT2D eigenvalue weighted by atomic mass is 35.5. The molecule has 1 amide bonds. The number of amides is 1. The molecule has 8 nitrogen and oxygen atoms in total. The fraction of sp³-hybridized carbons (Fsp3) is 0.0870. The van der Waals surface area contributed by atoms with Gasteiger partial charge in [0.05, 0.1) is 16.8 Å². The molecule has 1 aliphatic heterocycles. The van der Waals surface area contributed by atoms with E-state index in [1.165, 1.54) is 12.3 Å². The summed E-state index contributed by atoms with van der Waals surface area (Å²) in [5, 5.41) is 4.65. The lowest BCUT2D eigenvalue weighted by atomic mass is 10.2. The highest BCUT2D eigenvalue weighted by molar-refractivity contribution is 6.34. The lowest BCUT2D eigenvalue weighted by Crippen LogP contribution is -2.24. The minimum Gasteiger partial charge on any atom is -0.482 e. The Kier molecular flexibility index (Phi) is 6.97. The molecule has 3 aromatic rings. The third-order valence-electron chi connectivity index (χ3n) is 4.37. The van der Waals surface area contributed by atoms with Crippen molar-refractivity contribution >= 4 is 41.3 Å². The largest absolute Gasteiger partial charge is 0.482 e. The van der Waals surface area contributed by atoms with Gasteiger partial charge in [0, 0.05) is 16.7 Å². The number of hydrogen-bond donors (Lipinski definition) is 1. The molecule has 168 valence electrons. The van der Waals surface area contributed by atoms with Crippen LogP contribution in [0.1, 0.15) is 15.9 Å². The quantitative estimate of drug-likeness (QED) is 0.229. The van der Waals surface area contributed by atoms with Crippen LogP contribution in [0.25, 0.3) is 0 Å². The van der Waals surface area contributed by atoms with Crippen molar-refractivity contribution in [1.82, 2.24) is 5.43 Å². The highest BCUT2D eigenvalue weighted by Crippen LogP contribution is 2.33. The van der Waals surface area contributed by atoms with Crippen LogP contribution >= 0.6 is 23.2 Å². The van der Waals surface area contributed by atoms with Crippen LogP contribution in [0.4, 0.5) is 0 Å². The van der Waals surface area contributed by atoms with Gasteiger partial charge in [-0.15, -0.1) is 0 Å². The molecular weight excluding hydrogens is 471 g/mol. The Labute approximate surface area is 198 Å². The average molecular weight is 487 g/mol. The molecule has 1 aliphatic rings. The van der Waals surface area contributed by atoms with Gasteiger partial charge in [-0.2, -0.15) is 5.10 Å². The van der Waals surface area contributed by atoms with Crippen LogP contribution in [0.5, 0.6) is 23.0 Å². The molecule has 0 fully saturated rings. The summed E-state index contributed by atoms with van der Waals surface area (Å²) in [6.07, 6.45) is 1.35. The third-order valence-corrected chi connectivity index (χ3v) is 4.92. The number of rotatable bonds is 7. The van der Waals surface area contributed by atoms with E-state index in [1.807, 2.05) is 0 Å². The third kappa shape index (κ3) is 5.74. The molecule has 0 spiro atoms. The molecule has 4 rings (SSSR count). The number of hydrogen-bond acceptors (Lipinski definition) is 7. The fourth-order valence-corrected chi connectivity index (χ4v) is 3.13. The van der Waals surface area contributed by atoms with Crippen molar-refractivity contribution in [3.05, 3.63) is 81.8 Å². The van der Waals surface area contributed by atoms with Crippen molar-refractivity contribution < 1.29 is 28.5 Å². The monoisotopic (exact) mass is 486 g/mol. The van der Waals surface area contributed by atoms with Crippen molar-refractivity contribution in [1.29, 1.82) is 0 Å². The zero-order valence-electron chi connectivity index (χ0n) is 16.9. The van der Waals surface area contributed by atoms with E-state index < -0.39 is 11.9 Å². The fourth-order valence-electron chi connectivity index (χ4n) is 2.80. The van der Waals surface area contributed by atoms with Crippen molar-refractivity contribution in [3.63, 3.8) is 0 Å². The number of nitrogens with one attached hydrogen (secondary N) is 1. The number of benzene rings is 3. The van der Waals surface area contributed by atoms with Gasteiger partial charge in [0.1, 0.15) is 11.5 Å². The van der Waals surface area contributed by atoms with Crippen molar-refractivity contribution in [3.8, 4) is 23.0 Å². The van der Waals surface area contributed by atoms with Gasteiger partial charge in [0.2, 0.25) is 6.79 Å². The molecule has 1 N–H and O–H groups in total. The second-order valence-corrected chi connectivity index (χ2v) is 7.50. The number of fused-ring (bicyclic) bond motifs is 1. The van der Waals surface area contributed by atoms with Gasteiger partial charge in [-0.05, 0) is 42.5 Å². The Morgan fingerprint density at radius 2 is 1.82 bits per heavy atom. The second-order valence-electron chi connectivity index (χ2n) is 6.65. The van der Waals surface area contributed by atoms with Crippen LogP contribution in [0, 0.1) is 0 Å². The minimum atomic E-state index is -0.579. The van der Waals surface area contributed by atoms with Gasteiger partial charge in [-0.25, -0.2) is 10.2 Å². The smallest absolute Gasteiger partial charge is 0.343 e. The molecule has 0 atom stereocenters. The standard InChI is InChI=1S/C23H16Cl2N2O6/c24-16-6-7-17(25)20(10-16)30-12-22(28)27-26-11-15-3-1-2-4-18(15)33-23(29)14-5-8-19-21(9-14)32-13-31-19/h1-11H,12-13H2,(H,27,28). The van der Waals surface area contributed by atoms with Gasteiger partial charge in [0.25, 0.3) is 5.91 Å². The van der Waals surface area contributed by atoms with E-state index in [4.69, 9.17) is 42.1 Å². The number of ether oxygens (including phenoxy) is 4. The maximum atomic E-state index is 12.5. The average Bonchev–Trinajstić information content (AvgIpc) is 3.29. The summed E-state index contributed by atoms with van der Waals surface area (Å²) in [6, 6.07) is 16.2. The Bertz CT molecular complexity index is 1230. The van der Waals surface area contributed by atoms with E-state index >= 15 is 0 Å².